The van der Waals surface area contributed by atoms with Crippen molar-refractivity contribution in [1.82, 2.24) is 9.97 Å². The average molecular weight is 341 g/mol. The number of aromatic nitrogens is 2. The number of thiazole rings is 1. The molecule has 5 nitrogen and oxygen atoms in total. The highest BCUT2D eigenvalue weighted by atomic mass is 32.1. The van der Waals surface area contributed by atoms with Gasteiger partial charge >= 0.3 is 0 Å². The van der Waals surface area contributed by atoms with E-state index in [4.69, 9.17) is 0 Å². The molecule has 0 saturated carbocycles. The molecule has 0 radical (unpaired) electrons. The minimum Gasteiger partial charge on any atom is -0.328 e. The normalized spacial score (nSPS) is 11.2. The molecule has 0 fully saturated rings. The number of H-pyrrole nitrogens is 1. The van der Waals surface area contributed by atoms with Crippen molar-refractivity contribution in [1.29, 1.82) is 0 Å². The number of fused-ring (bicyclic) bond motifs is 1. The first-order valence-electron chi connectivity index (χ1n) is 7.82. The zero-order chi connectivity index (χ0) is 17.3. The Morgan fingerprint density at radius 1 is 1.29 bits per heavy atom. The number of aromatic amines is 1. The Bertz CT molecular complexity index is 956. The molecule has 6 heteroatoms. The van der Waals surface area contributed by atoms with E-state index >= 15 is 0 Å². The summed E-state index contributed by atoms with van der Waals surface area (Å²) in [5, 5.41) is 3.31. The molecule has 3 rings (SSSR count). The van der Waals surface area contributed by atoms with Crippen LogP contribution in [0.1, 0.15) is 26.3 Å². The number of carbonyl (C=O) groups excluding carboxylic acids is 1. The van der Waals surface area contributed by atoms with Crippen LogP contribution in [0.2, 0.25) is 0 Å². The monoisotopic (exact) mass is 341 g/mol. The third-order valence-electron chi connectivity index (χ3n) is 3.61. The summed E-state index contributed by atoms with van der Waals surface area (Å²) in [7, 11) is 0. The molecule has 0 saturated heterocycles. The van der Waals surface area contributed by atoms with Crippen molar-refractivity contribution >= 4 is 32.6 Å². The molecule has 0 spiro atoms. The number of carbonyl (C=O) groups is 1. The fraction of sp³-hybridized carbons (Fsp3) is 0.278. The van der Waals surface area contributed by atoms with Crippen molar-refractivity contribution in [3.05, 3.63) is 46.4 Å². The number of pyridine rings is 1. The smallest absolute Gasteiger partial charge is 0.251 e. The van der Waals surface area contributed by atoms with Crippen LogP contribution in [0.25, 0.3) is 21.3 Å². The number of nitrogens with zero attached hydrogens (tertiary/aromatic N) is 1. The van der Waals surface area contributed by atoms with Gasteiger partial charge in [0.05, 0.1) is 10.2 Å². The van der Waals surface area contributed by atoms with E-state index < -0.39 is 0 Å². The second-order valence-corrected chi connectivity index (χ2v) is 7.25. The summed E-state index contributed by atoms with van der Waals surface area (Å²) in [6.07, 6.45) is 2.49. The lowest BCUT2D eigenvalue weighted by molar-refractivity contribution is -0.114. The Kier molecular flexibility index (Phi) is 4.49. The van der Waals surface area contributed by atoms with Gasteiger partial charge in [0.1, 0.15) is 0 Å². The van der Waals surface area contributed by atoms with Gasteiger partial charge in [-0.15, -0.1) is 0 Å². The molecule has 24 heavy (non-hydrogen) atoms. The van der Waals surface area contributed by atoms with Crippen LogP contribution in [0, 0.1) is 5.92 Å². The Balaban J connectivity index is 2.00. The van der Waals surface area contributed by atoms with Gasteiger partial charge in [-0.25, -0.2) is 4.98 Å². The summed E-state index contributed by atoms with van der Waals surface area (Å²) in [6, 6.07) is 7.90. The van der Waals surface area contributed by atoms with Gasteiger partial charge in [0.25, 0.3) is 5.56 Å². The summed E-state index contributed by atoms with van der Waals surface area (Å²) >= 11 is 1.44. The molecule has 1 aromatic carbocycles. The van der Waals surface area contributed by atoms with Gasteiger partial charge in [-0.1, -0.05) is 31.3 Å². The molecule has 0 aliphatic heterocycles. The molecule has 0 bridgehead atoms. The predicted octanol–water partition coefficient (Wildman–Crippen LogP) is 3.81. The van der Waals surface area contributed by atoms with Crippen LogP contribution in [0.15, 0.2) is 35.3 Å². The zero-order valence-corrected chi connectivity index (χ0v) is 14.7. The van der Waals surface area contributed by atoms with E-state index in [0.717, 1.165) is 33.3 Å². The van der Waals surface area contributed by atoms with E-state index in [1.807, 2.05) is 24.3 Å². The number of hydrogen-bond donors (Lipinski definition) is 2. The number of hydrogen-bond acceptors (Lipinski definition) is 4. The van der Waals surface area contributed by atoms with Crippen molar-refractivity contribution in [3.8, 4) is 11.1 Å². The van der Waals surface area contributed by atoms with Crippen molar-refractivity contribution in [3.63, 3.8) is 0 Å². The van der Waals surface area contributed by atoms with Gasteiger partial charge in [-0.2, -0.15) is 0 Å². The van der Waals surface area contributed by atoms with E-state index in [-0.39, 0.29) is 11.5 Å². The van der Waals surface area contributed by atoms with E-state index in [0.29, 0.717) is 11.0 Å². The van der Waals surface area contributed by atoms with Gasteiger partial charge in [0.2, 0.25) is 5.91 Å². The van der Waals surface area contributed by atoms with Crippen LogP contribution in [0.3, 0.4) is 0 Å². The van der Waals surface area contributed by atoms with Gasteiger partial charge in [0.15, 0.2) is 5.13 Å². The Labute approximate surface area is 143 Å². The van der Waals surface area contributed by atoms with E-state index in [9.17, 15) is 9.59 Å². The molecule has 2 heterocycles. The van der Waals surface area contributed by atoms with Gasteiger partial charge < -0.3 is 10.3 Å². The fourth-order valence-corrected chi connectivity index (χ4v) is 3.55. The highest BCUT2D eigenvalue weighted by molar-refractivity contribution is 7.22. The van der Waals surface area contributed by atoms with Crippen LogP contribution in [0.4, 0.5) is 5.13 Å². The van der Waals surface area contributed by atoms with Gasteiger partial charge in [-0.3, -0.25) is 9.59 Å². The SMILES string of the molecule is CC(=O)Nc1nc2ccc(-c3c[nH]c(=O)c(CC(C)C)c3)cc2s1. The summed E-state index contributed by atoms with van der Waals surface area (Å²) in [5.74, 6) is 0.291. The third kappa shape index (κ3) is 3.54. The standard InChI is InChI=1S/C18H19N3O2S/c1-10(2)6-13-7-14(9-19-17(13)23)12-4-5-15-16(8-12)24-18(21-15)20-11(3)22/h4-5,7-10H,6H2,1-3H3,(H,19,23)(H,20,21,22). The van der Waals surface area contributed by atoms with E-state index in [1.54, 1.807) is 6.20 Å². The van der Waals surface area contributed by atoms with Crippen LogP contribution >= 0.6 is 11.3 Å². The molecule has 0 unspecified atom stereocenters. The molecular formula is C18H19N3O2S. The Morgan fingerprint density at radius 2 is 2.08 bits per heavy atom. The lowest BCUT2D eigenvalue weighted by Gasteiger charge is -2.07. The third-order valence-corrected chi connectivity index (χ3v) is 4.55. The quantitative estimate of drug-likeness (QED) is 0.758. The first-order chi connectivity index (χ1) is 11.4. The van der Waals surface area contributed by atoms with E-state index in [1.165, 1.54) is 18.3 Å². The number of amides is 1. The van der Waals surface area contributed by atoms with Crippen molar-refractivity contribution < 1.29 is 4.79 Å². The molecule has 124 valence electrons. The number of benzene rings is 1. The highest BCUT2D eigenvalue weighted by Gasteiger charge is 2.09. The average Bonchev–Trinajstić information content (AvgIpc) is 2.89. The summed E-state index contributed by atoms with van der Waals surface area (Å²) in [4.78, 5) is 30.3. The molecule has 2 N–H and O–H groups in total. The molecule has 0 aliphatic rings. The van der Waals surface area contributed by atoms with Crippen molar-refractivity contribution in [2.24, 2.45) is 5.92 Å². The molecule has 1 amide bonds. The second-order valence-electron chi connectivity index (χ2n) is 6.22. The first-order valence-corrected chi connectivity index (χ1v) is 8.64. The highest BCUT2D eigenvalue weighted by Crippen LogP contribution is 2.30. The van der Waals surface area contributed by atoms with E-state index in [2.05, 4.69) is 29.1 Å². The van der Waals surface area contributed by atoms with Crippen molar-refractivity contribution in [2.45, 2.75) is 27.2 Å². The number of anilines is 1. The number of nitrogens with one attached hydrogen (secondary N) is 2. The molecule has 0 atom stereocenters. The minimum atomic E-state index is -0.131. The fourth-order valence-electron chi connectivity index (χ4n) is 2.60. The summed E-state index contributed by atoms with van der Waals surface area (Å²) in [5.41, 5.74) is 3.60. The van der Waals surface area contributed by atoms with Crippen LogP contribution in [-0.2, 0) is 11.2 Å². The lowest BCUT2D eigenvalue weighted by Crippen LogP contribution is -2.14. The maximum atomic E-state index is 12.0. The van der Waals surface area contributed by atoms with Crippen molar-refractivity contribution in [2.75, 3.05) is 5.32 Å². The van der Waals surface area contributed by atoms with Crippen LogP contribution in [-0.4, -0.2) is 15.9 Å². The van der Waals surface area contributed by atoms with Crippen LogP contribution < -0.4 is 10.9 Å². The minimum absolute atomic E-state index is 0.0285. The maximum Gasteiger partial charge on any atom is 0.251 e. The Morgan fingerprint density at radius 3 is 2.79 bits per heavy atom. The number of rotatable bonds is 4. The van der Waals surface area contributed by atoms with Gasteiger partial charge in [-0.05, 0) is 41.7 Å². The zero-order valence-electron chi connectivity index (χ0n) is 13.8. The summed E-state index contributed by atoms with van der Waals surface area (Å²) < 4.78 is 0.993. The largest absolute Gasteiger partial charge is 0.328 e. The Hall–Kier alpha value is -2.47. The van der Waals surface area contributed by atoms with Crippen LogP contribution in [0.5, 0.6) is 0 Å². The topological polar surface area (TPSA) is 74.8 Å². The molecular weight excluding hydrogens is 322 g/mol. The lowest BCUT2D eigenvalue weighted by atomic mass is 10.0. The predicted molar refractivity (Wildman–Crippen MR) is 98.5 cm³/mol. The second kappa shape index (κ2) is 6.57. The maximum absolute atomic E-state index is 12.0. The summed E-state index contributed by atoms with van der Waals surface area (Å²) in [6.45, 7) is 5.66. The van der Waals surface area contributed by atoms with Gasteiger partial charge in [0, 0.05) is 18.7 Å². The first kappa shape index (κ1) is 16.4. The molecule has 3 aromatic rings. The molecule has 0 aliphatic carbocycles. The molecule has 2 aromatic heterocycles.